The van der Waals surface area contributed by atoms with Crippen molar-refractivity contribution in [3.63, 3.8) is 0 Å². The van der Waals surface area contributed by atoms with Crippen LogP contribution in [0.4, 0.5) is 5.69 Å². The van der Waals surface area contributed by atoms with Crippen LogP contribution in [0.5, 0.6) is 0 Å². The summed E-state index contributed by atoms with van der Waals surface area (Å²) < 4.78 is 0. The minimum Gasteiger partial charge on any atom is -0.369 e. The van der Waals surface area contributed by atoms with E-state index in [4.69, 9.17) is 0 Å². The predicted octanol–water partition coefficient (Wildman–Crippen LogP) is 3.03. The molecule has 1 heterocycles. The molecule has 21 heavy (non-hydrogen) atoms. The number of aryl methyl sites for hydroxylation is 1. The molecule has 1 aliphatic rings. The first-order valence-electron chi connectivity index (χ1n) is 8.41. The van der Waals surface area contributed by atoms with Gasteiger partial charge in [0.1, 0.15) is 0 Å². The molecule has 1 saturated heterocycles. The van der Waals surface area contributed by atoms with Crippen LogP contribution < -0.4 is 10.2 Å². The van der Waals surface area contributed by atoms with Gasteiger partial charge in [-0.1, -0.05) is 19.9 Å². The van der Waals surface area contributed by atoms with Crippen molar-refractivity contribution >= 4 is 5.69 Å². The molecule has 3 nitrogen and oxygen atoms in total. The summed E-state index contributed by atoms with van der Waals surface area (Å²) >= 11 is 0. The van der Waals surface area contributed by atoms with Crippen molar-refractivity contribution in [1.29, 1.82) is 0 Å². The van der Waals surface area contributed by atoms with Crippen molar-refractivity contribution in [2.24, 2.45) is 0 Å². The highest BCUT2D eigenvalue weighted by atomic mass is 15.3. The first-order chi connectivity index (χ1) is 10.2. The maximum atomic E-state index is 3.49. The van der Waals surface area contributed by atoms with Crippen LogP contribution in [-0.4, -0.2) is 44.2 Å². The molecular formula is C18H31N3. The topological polar surface area (TPSA) is 18.5 Å². The third-order valence-electron chi connectivity index (χ3n) is 4.68. The van der Waals surface area contributed by atoms with E-state index in [1.54, 1.807) is 0 Å². The van der Waals surface area contributed by atoms with E-state index < -0.39 is 0 Å². The second-order valence-corrected chi connectivity index (χ2v) is 6.28. The fourth-order valence-electron chi connectivity index (χ4n) is 3.10. The van der Waals surface area contributed by atoms with E-state index in [0.29, 0.717) is 6.04 Å². The molecule has 0 amide bonds. The van der Waals surface area contributed by atoms with Crippen LogP contribution >= 0.6 is 0 Å². The number of anilines is 1. The summed E-state index contributed by atoms with van der Waals surface area (Å²) in [7, 11) is 2.25. The molecule has 0 bridgehead atoms. The van der Waals surface area contributed by atoms with E-state index in [0.717, 1.165) is 32.7 Å². The van der Waals surface area contributed by atoms with Gasteiger partial charge in [0.25, 0.3) is 0 Å². The third-order valence-corrected chi connectivity index (χ3v) is 4.68. The van der Waals surface area contributed by atoms with Crippen molar-refractivity contribution in [2.75, 3.05) is 38.1 Å². The van der Waals surface area contributed by atoms with Gasteiger partial charge in [0.15, 0.2) is 0 Å². The Hall–Kier alpha value is -1.06. The van der Waals surface area contributed by atoms with Gasteiger partial charge in [0, 0.05) is 37.9 Å². The molecule has 1 aliphatic heterocycles. The molecule has 2 rings (SSSR count). The lowest BCUT2D eigenvalue weighted by Gasteiger charge is -2.40. The Kier molecular flexibility index (Phi) is 6.07. The highest BCUT2D eigenvalue weighted by molar-refractivity contribution is 5.51. The number of piperazine rings is 1. The molecule has 1 atom stereocenters. The molecule has 0 radical (unpaired) electrons. The van der Waals surface area contributed by atoms with Gasteiger partial charge in [-0.3, -0.25) is 4.90 Å². The number of nitrogens with one attached hydrogen (secondary N) is 1. The van der Waals surface area contributed by atoms with Gasteiger partial charge < -0.3 is 10.2 Å². The molecule has 0 aromatic heterocycles. The van der Waals surface area contributed by atoms with Gasteiger partial charge >= 0.3 is 0 Å². The minimum absolute atomic E-state index is 0.685. The number of hydrogen-bond acceptors (Lipinski definition) is 3. The van der Waals surface area contributed by atoms with Gasteiger partial charge in [-0.2, -0.15) is 0 Å². The zero-order valence-corrected chi connectivity index (χ0v) is 14.2. The summed E-state index contributed by atoms with van der Waals surface area (Å²) in [6.45, 7) is 12.3. The molecule has 118 valence electrons. The molecule has 1 aromatic rings. The fourth-order valence-corrected chi connectivity index (χ4v) is 3.10. The summed E-state index contributed by atoms with van der Waals surface area (Å²) in [4.78, 5) is 5.04. The highest BCUT2D eigenvalue weighted by Gasteiger charge is 2.23. The van der Waals surface area contributed by atoms with Crippen molar-refractivity contribution in [2.45, 2.75) is 46.2 Å². The first-order valence-corrected chi connectivity index (χ1v) is 8.41. The van der Waals surface area contributed by atoms with Gasteiger partial charge in [-0.05, 0) is 56.6 Å². The van der Waals surface area contributed by atoms with E-state index in [1.165, 1.54) is 29.7 Å². The Bertz CT molecular complexity index is 444. The predicted molar refractivity (Wildman–Crippen MR) is 92.1 cm³/mol. The van der Waals surface area contributed by atoms with Gasteiger partial charge in [0.2, 0.25) is 0 Å². The molecule has 0 spiro atoms. The fraction of sp³-hybridized carbons (Fsp3) is 0.667. The lowest BCUT2D eigenvalue weighted by atomic mass is 10.1. The third kappa shape index (κ3) is 4.21. The van der Waals surface area contributed by atoms with Gasteiger partial charge in [-0.25, -0.2) is 0 Å². The van der Waals surface area contributed by atoms with Crippen LogP contribution in [-0.2, 0) is 6.54 Å². The Labute approximate surface area is 130 Å². The molecule has 1 aromatic carbocycles. The Balaban J connectivity index is 2.02. The molecule has 3 heteroatoms. The van der Waals surface area contributed by atoms with Gasteiger partial charge in [0.05, 0.1) is 0 Å². The van der Waals surface area contributed by atoms with Crippen molar-refractivity contribution in [3.8, 4) is 0 Å². The van der Waals surface area contributed by atoms with Crippen LogP contribution in [0.3, 0.4) is 0 Å². The highest BCUT2D eigenvalue weighted by Crippen LogP contribution is 2.22. The van der Waals surface area contributed by atoms with Crippen molar-refractivity contribution in [1.82, 2.24) is 10.2 Å². The smallest absolute Gasteiger partial charge is 0.0370 e. The monoisotopic (exact) mass is 289 g/mol. The molecular weight excluding hydrogens is 258 g/mol. The number of nitrogens with zero attached hydrogens (tertiary/aromatic N) is 2. The summed E-state index contributed by atoms with van der Waals surface area (Å²) in [5.74, 6) is 0. The van der Waals surface area contributed by atoms with Crippen LogP contribution in [0.2, 0.25) is 0 Å². The second-order valence-electron chi connectivity index (χ2n) is 6.28. The summed E-state index contributed by atoms with van der Waals surface area (Å²) in [6, 6.07) is 7.65. The molecule has 0 aliphatic carbocycles. The summed E-state index contributed by atoms with van der Waals surface area (Å²) in [5, 5.41) is 3.49. The number of hydrogen-bond donors (Lipinski definition) is 1. The van der Waals surface area contributed by atoms with E-state index in [2.05, 4.69) is 61.1 Å². The van der Waals surface area contributed by atoms with E-state index >= 15 is 0 Å². The SMILES string of the molecule is CCCNCc1ccc(N2CCN(C)C(CC)C2)cc1C. The zero-order chi connectivity index (χ0) is 15.2. The van der Waals surface area contributed by atoms with Crippen molar-refractivity contribution < 1.29 is 0 Å². The van der Waals surface area contributed by atoms with Crippen molar-refractivity contribution in [3.05, 3.63) is 29.3 Å². The Morgan fingerprint density at radius 3 is 2.71 bits per heavy atom. The molecule has 0 saturated carbocycles. The van der Waals surface area contributed by atoms with Gasteiger partial charge in [-0.15, -0.1) is 0 Å². The Morgan fingerprint density at radius 2 is 2.05 bits per heavy atom. The largest absolute Gasteiger partial charge is 0.369 e. The lowest BCUT2D eigenvalue weighted by Crippen LogP contribution is -2.51. The van der Waals surface area contributed by atoms with E-state index in [1.807, 2.05) is 0 Å². The summed E-state index contributed by atoms with van der Waals surface area (Å²) in [5.41, 5.74) is 4.22. The Morgan fingerprint density at radius 1 is 1.24 bits per heavy atom. The minimum atomic E-state index is 0.685. The maximum absolute atomic E-state index is 3.49. The number of likely N-dealkylation sites (N-methyl/N-ethyl adjacent to an activating group) is 1. The normalized spacial score (nSPS) is 20.0. The van der Waals surface area contributed by atoms with E-state index in [-0.39, 0.29) is 0 Å². The second kappa shape index (κ2) is 7.81. The van der Waals surface area contributed by atoms with Crippen LogP contribution in [0.15, 0.2) is 18.2 Å². The number of rotatable bonds is 6. The first kappa shape index (κ1) is 16.3. The maximum Gasteiger partial charge on any atom is 0.0370 e. The molecule has 1 unspecified atom stereocenters. The zero-order valence-electron chi connectivity index (χ0n) is 14.2. The molecule has 1 fully saturated rings. The quantitative estimate of drug-likeness (QED) is 0.812. The van der Waals surface area contributed by atoms with Crippen LogP contribution in [0.1, 0.15) is 37.8 Å². The standard InChI is InChI=1S/C18H31N3/c1-5-9-19-13-16-7-8-18(12-15(16)3)21-11-10-20(4)17(6-2)14-21/h7-8,12,17,19H,5-6,9-11,13-14H2,1-4H3. The van der Waals surface area contributed by atoms with Crippen LogP contribution in [0.25, 0.3) is 0 Å². The van der Waals surface area contributed by atoms with Crippen LogP contribution in [0, 0.1) is 6.92 Å². The summed E-state index contributed by atoms with van der Waals surface area (Å²) in [6.07, 6.45) is 2.42. The molecule has 1 N–H and O–H groups in total. The average Bonchev–Trinajstić information content (AvgIpc) is 2.49. The van der Waals surface area contributed by atoms with E-state index in [9.17, 15) is 0 Å². The average molecular weight is 289 g/mol. The number of benzene rings is 1. The lowest BCUT2D eigenvalue weighted by molar-refractivity contribution is 0.213.